The summed E-state index contributed by atoms with van der Waals surface area (Å²) in [6.07, 6.45) is 1.79. The summed E-state index contributed by atoms with van der Waals surface area (Å²) in [6.45, 7) is 4.08. The van der Waals surface area contributed by atoms with Crippen molar-refractivity contribution in [1.29, 1.82) is 0 Å². The Kier molecular flexibility index (Phi) is 4.33. The van der Waals surface area contributed by atoms with E-state index in [0.29, 0.717) is 21.3 Å². The number of carbonyl (C=O) groups is 1. The van der Waals surface area contributed by atoms with Crippen LogP contribution >= 0.6 is 23.2 Å². The molecule has 1 aliphatic heterocycles. The molecule has 5 heteroatoms. The summed E-state index contributed by atoms with van der Waals surface area (Å²) in [6, 6.07) is 9.12. The van der Waals surface area contributed by atoms with Gasteiger partial charge in [-0.05, 0) is 55.3 Å². The SMILES string of the molecule is Cc1cc(C)c(NC(=O)C2=Cc3cc(Cl)ccc3OC2)c(Cl)c1. The quantitative estimate of drug-likeness (QED) is 0.827. The Balaban J connectivity index is 1.88. The van der Waals surface area contributed by atoms with E-state index in [4.69, 9.17) is 27.9 Å². The van der Waals surface area contributed by atoms with Gasteiger partial charge in [0.1, 0.15) is 12.4 Å². The average molecular weight is 348 g/mol. The molecule has 3 nitrogen and oxygen atoms in total. The van der Waals surface area contributed by atoms with Crippen LogP contribution in [0.5, 0.6) is 5.75 Å². The van der Waals surface area contributed by atoms with Crippen LogP contribution in [0.2, 0.25) is 10.0 Å². The standard InChI is InChI=1S/C18H15Cl2NO2/c1-10-5-11(2)17(15(20)6-10)21-18(22)13-7-12-8-14(19)3-4-16(12)23-9-13/h3-8H,9H2,1-2H3,(H,21,22). The topological polar surface area (TPSA) is 38.3 Å². The van der Waals surface area contributed by atoms with Crippen molar-refractivity contribution in [2.75, 3.05) is 11.9 Å². The Morgan fingerprint density at radius 2 is 1.96 bits per heavy atom. The molecule has 118 valence electrons. The van der Waals surface area contributed by atoms with E-state index in [0.717, 1.165) is 22.4 Å². The van der Waals surface area contributed by atoms with Crippen molar-refractivity contribution < 1.29 is 9.53 Å². The van der Waals surface area contributed by atoms with Crippen LogP contribution < -0.4 is 10.1 Å². The van der Waals surface area contributed by atoms with Gasteiger partial charge >= 0.3 is 0 Å². The monoisotopic (exact) mass is 347 g/mol. The number of hydrogen-bond acceptors (Lipinski definition) is 2. The van der Waals surface area contributed by atoms with Crippen molar-refractivity contribution in [1.82, 2.24) is 0 Å². The molecule has 2 aromatic rings. The third-order valence-corrected chi connectivity index (χ3v) is 4.18. The fourth-order valence-electron chi connectivity index (χ4n) is 2.55. The highest BCUT2D eigenvalue weighted by molar-refractivity contribution is 6.34. The second kappa shape index (κ2) is 6.26. The lowest BCUT2D eigenvalue weighted by Gasteiger charge is -2.19. The molecule has 1 heterocycles. The molecule has 0 unspecified atom stereocenters. The summed E-state index contributed by atoms with van der Waals surface area (Å²) >= 11 is 12.2. The van der Waals surface area contributed by atoms with Crippen molar-refractivity contribution in [2.24, 2.45) is 0 Å². The van der Waals surface area contributed by atoms with Crippen LogP contribution in [0, 0.1) is 13.8 Å². The van der Waals surface area contributed by atoms with Gasteiger partial charge in [-0.2, -0.15) is 0 Å². The molecule has 0 saturated carbocycles. The number of anilines is 1. The average Bonchev–Trinajstić information content (AvgIpc) is 2.49. The molecular weight excluding hydrogens is 333 g/mol. The van der Waals surface area contributed by atoms with E-state index in [9.17, 15) is 4.79 Å². The maximum Gasteiger partial charge on any atom is 0.255 e. The molecule has 23 heavy (non-hydrogen) atoms. The van der Waals surface area contributed by atoms with E-state index in [-0.39, 0.29) is 12.5 Å². The van der Waals surface area contributed by atoms with E-state index in [1.54, 1.807) is 24.3 Å². The Morgan fingerprint density at radius 1 is 1.17 bits per heavy atom. The fraction of sp³-hybridized carbons (Fsp3) is 0.167. The van der Waals surface area contributed by atoms with Crippen LogP contribution in [0.25, 0.3) is 6.08 Å². The zero-order valence-corrected chi connectivity index (χ0v) is 14.3. The molecule has 0 aromatic heterocycles. The lowest BCUT2D eigenvalue weighted by Crippen LogP contribution is -2.21. The maximum absolute atomic E-state index is 12.5. The van der Waals surface area contributed by atoms with Gasteiger partial charge in [-0.15, -0.1) is 0 Å². The minimum absolute atomic E-state index is 0.211. The predicted molar refractivity (Wildman–Crippen MR) is 94.5 cm³/mol. The summed E-state index contributed by atoms with van der Waals surface area (Å²) in [4.78, 5) is 12.5. The first-order valence-electron chi connectivity index (χ1n) is 7.15. The number of ether oxygens (including phenoxy) is 1. The number of hydrogen-bond donors (Lipinski definition) is 1. The zero-order chi connectivity index (χ0) is 16.6. The number of rotatable bonds is 2. The van der Waals surface area contributed by atoms with Gasteiger partial charge in [-0.25, -0.2) is 0 Å². The van der Waals surface area contributed by atoms with E-state index < -0.39 is 0 Å². The highest BCUT2D eigenvalue weighted by Crippen LogP contribution is 2.31. The van der Waals surface area contributed by atoms with Crippen molar-refractivity contribution in [3.05, 3.63) is 62.6 Å². The highest BCUT2D eigenvalue weighted by Gasteiger charge is 2.19. The molecular formula is C18H15Cl2NO2. The minimum atomic E-state index is -0.232. The van der Waals surface area contributed by atoms with Crippen molar-refractivity contribution >= 4 is 40.9 Å². The van der Waals surface area contributed by atoms with Gasteiger partial charge in [0.05, 0.1) is 16.3 Å². The smallest absolute Gasteiger partial charge is 0.255 e. The molecule has 1 N–H and O–H groups in total. The molecule has 1 amide bonds. The van der Waals surface area contributed by atoms with Gasteiger partial charge in [0.25, 0.3) is 5.91 Å². The Morgan fingerprint density at radius 3 is 2.70 bits per heavy atom. The van der Waals surface area contributed by atoms with E-state index in [1.807, 2.05) is 26.0 Å². The molecule has 0 fully saturated rings. The number of fused-ring (bicyclic) bond motifs is 1. The van der Waals surface area contributed by atoms with Crippen LogP contribution in [0.1, 0.15) is 16.7 Å². The summed E-state index contributed by atoms with van der Waals surface area (Å²) in [5.41, 5.74) is 3.91. The summed E-state index contributed by atoms with van der Waals surface area (Å²) in [7, 11) is 0. The molecule has 0 saturated heterocycles. The summed E-state index contributed by atoms with van der Waals surface area (Å²) in [5.74, 6) is 0.486. The second-order valence-corrected chi connectivity index (χ2v) is 6.38. The molecule has 0 spiro atoms. The maximum atomic E-state index is 12.5. The number of carbonyl (C=O) groups excluding carboxylic acids is 1. The molecule has 0 atom stereocenters. The highest BCUT2D eigenvalue weighted by atomic mass is 35.5. The lowest BCUT2D eigenvalue weighted by molar-refractivity contribution is -0.113. The summed E-state index contributed by atoms with van der Waals surface area (Å²) in [5, 5.41) is 3.99. The first kappa shape index (κ1) is 15.9. The van der Waals surface area contributed by atoms with Crippen molar-refractivity contribution in [3.8, 4) is 5.75 Å². The zero-order valence-electron chi connectivity index (χ0n) is 12.7. The first-order valence-corrected chi connectivity index (χ1v) is 7.90. The van der Waals surface area contributed by atoms with Crippen molar-refractivity contribution in [3.63, 3.8) is 0 Å². The molecule has 2 aromatic carbocycles. The van der Waals surface area contributed by atoms with Crippen LogP contribution in [-0.4, -0.2) is 12.5 Å². The molecule has 0 aliphatic carbocycles. The Labute approximate surface area is 144 Å². The van der Waals surface area contributed by atoms with Crippen LogP contribution in [0.3, 0.4) is 0 Å². The van der Waals surface area contributed by atoms with E-state index in [1.165, 1.54) is 0 Å². The van der Waals surface area contributed by atoms with Gasteiger partial charge in [-0.1, -0.05) is 29.3 Å². The van der Waals surface area contributed by atoms with Crippen LogP contribution in [-0.2, 0) is 4.79 Å². The van der Waals surface area contributed by atoms with Gasteiger partial charge in [0.2, 0.25) is 0 Å². The molecule has 3 rings (SSSR count). The lowest BCUT2D eigenvalue weighted by atomic mass is 10.1. The normalized spacial score (nSPS) is 13.0. The van der Waals surface area contributed by atoms with Gasteiger partial charge < -0.3 is 10.1 Å². The predicted octanol–water partition coefficient (Wildman–Crippen LogP) is 5.02. The largest absolute Gasteiger partial charge is 0.488 e. The first-order chi connectivity index (χ1) is 10.9. The number of nitrogens with one attached hydrogen (secondary N) is 1. The molecule has 0 radical (unpaired) electrons. The van der Waals surface area contributed by atoms with Gasteiger partial charge in [-0.3, -0.25) is 4.79 Å². The molecule has 0 bridgehead atoms. The van der Waals surface area contributed by atoms with Crippen LogP contribution in [0.4, 0.5) is 5.69 Å². The third kappa shape index (κ3) is 3.36. The third-order valence-electron chi connectivity index (χ3n) is 3.65. The Bertz CT molecular complexity index is 805. The van der Waals surface area contributed by atoms with E-state index >= 15 is 0 Å². The fourth-order valence-corrected chi connectivity index (χ4v) is 3.10. The number of amides is 1. The minimum Gasteiger partial charge on any atom is -0.488 e. The van der Waals surface area contributed by atoms with Gasteiger partial charge in [0, 0.05) is 10.6 Å². The number of halogens is 2. The molecule has 1 aliphatic rings. The summed E-state index contributed by atoms with van der Waals surface area (Å²) < 4.78 is 5.61. The number of benzene rings is 2. The van der Waals surface area contributed by atoms with E-state index in [2.05, 4.69) is 5.32 Å². The number of aryl methyl sites for hydroxylation is 2. The Hall–Kier alpha value is -1.97. The van der Waals surface area contributed by atoms with Crippen molar-refractivity contribution in [2.45, 2.75) is 13.8 Å². The van der Waals surface area contributed by atoms with Gasteiger partial charge in [0.15, 0.2) is 0 Å². The van der Waals surface area contributed by atoms with Crippen LogP contribution in [0.15, 0.2) is 35.9 Å². The second-order valence-electron chi connectivity index (χ2n) is 5.53.